The number of benzene rings is 3. The van der Waals surface area contributed by atoms with E-state index in [9.17, 15) is 14.9 Å². The molecule has 0 bridgehead atoms. The zero-order chi connectivity index (χ0) is 23.0. The number of non-ortho nitro benzene ring substituents is 1. The number of nitro benzene ring substituents is 1. The van der Waals surface area contributed by atoms with Crippen molar-refractivity contribution in [2.24, 2.45) is 5.10 Å². The van der Waals surface area contributed by atoms with E-state index in [1.165, 1.54) is 18.3 Å². The molecule has 4 rings (SSSR count). The average Bonchev–Trinajstić information content (AvgIpc) is 3.32. The molecule has 1 heterocycles. The number of nitro groups is 1. The predicted molar refractivity (Wildman–Crippen MR) is 123 cm³/mol. The molecule has 0 radical (unpaired) electrons. The predicted octanol–water partition coefficient (Wildman–Crippen LogP) is 5.20. The molecule has 0 aliphatic heterocycles. The van der Waals surface area contributed by atoms with Crippen LogP contribution in [0.25, 0.3) is 11.3 Å². The summed E-state index contributed by atoms with van der Waals surface area (Å²) >= 11 is 0. The molecule has 1 amide bonds. The monoisotopic (exact) mass is 441 g/mol. The van der Waals surface area contributed by atoms with E-state index in [1.807, 2.05) is 30.3 Å². The van der Waals surface area contributed by atoms with Crippen LogP contribution in [0.4, 0.5) is 5.69 Å². The highest BCUT2D eigenvalue weighted by Crippen LogP contribution is 2.24. The second kappa shape index (κ2) is 10.1. The van der Waals surface area contributed by atoms with Gasteiger partial charge in [-0.2, -0.15) is 5.10 Å². The van der Waals surface area contributed by atoms with Crippen LogP contribution in [0, 0.1) is 10.1 Å². The summed E-state index contributed by atoms with van der Waals surface area (Å²) in [4.78, 5) is 22.9. The molecule has 8 heteroatoms. The van der Waals surface area contributed by atoms with Gasteiger partial charge in [-0.3, -0.25) is 14.9 Å². The van der Waals surface area contributed by atoms with Crippen molar-refractivity contribution < 1.29 is 18.9 Å². The van der Waals surface area contributed by atoms with Crippen molar-refractivity contribution in [2.75, 3.05) is 0 Å². The molecule has 4 aromatic rings. The highest BCUT2D eigenvalue weighted by Gasteiger charge is 2.12. The lowest BCUT2D eigenvalue weighted by molar-refractivity contribution is -0.384. The molecule has 0 aliphatic carbocycles. The van der Waals surface area contributed by atoms with Gasteiger partial charge in [0.1, 0.15) is 23.9 Å². The van der Waals surface area contributed by atoms with Gasteiger partial charge in [-0.1, -0.05) is 42.5 Å². The van der Waals surface area contributed by atoms with Crippen molar-refractivity contribution in [3.05, 3.63) is 118 Å². The average molecular weight is 441 g/mol. The molecule has 33 heavy (non-hydrogen) atoms. The Morgan fingerprint density at radius 3 is 2.45 bits per heavy atom. The van der Waals surface area contributed by atoms with Crippen LogP contribution in [0.1, 0.15) is 21.7 Å². The van der Waals surface area contributed by atoms with Crippen molar-refractivity contribution in [3.63, 3.8) is 0 Å². The number of hydrogen-bond donors (Lipinski definition) is 1. The molecule has 0 unspecified atom stereocenters. The highest BCUT2D eigenvalue weighted by molar-refractivity contribution is 5.97. The van der Waals surface area contributed by atoms with E-state index in [-0.39, 0.29) is 5.69 Å². The molecule has 8 nitrogen and oxygen atoms in total. The van der Waals surface area contributed by atoms with Crippen LogP contribution in [0.2, 0.25) is 0 Å². The SMILES string of the molecule is O=C(NN=Cc1ccc(-c2ccc([N+](=O)[O-])cc2)o1)c1ccccc1OCc1ccccc1. The fourth-order valence-electron chi connectivity index (χ4n) is 3.05. The van der Waals surface area contributed by atoms with E-state index in [1.54, 1.807) is 48.5 Å². The van der Waals surface area contributed by atoms with Gasteiger partial charge >= 0.3 is 0 Å². The molecule has 3 aromatic carbocycles. The second-order valence-corrected chi connectivity index (χ2v) is 6.98. The number of nitrogens with zero attached hydrogens (tertiary/aromatic N) is 2. The zero-order valence-electron chi connectivity index (χ0n) is 17.4. The maximum Gasteiger partial charge on any atom is 0.275 e. The summed E-state index contributed by atoms with van der Waals surface area (Å²) in [5.74, 6) is 0.971. The lowest BCUT2D eigenvalue weighted by Gasteiger charge is -2.10. The summed E-state index contributed by atoms with van der Waals surface area (Å²) in [7, 11) is 0. The summed E-state index contributed by atoms with van der Waals surface area (Å²) < 4.78 is 11.5. The minimum atomic E-state index is -0.461. The first kappa shape index (κ1) is 21.5. The van der Waals surface area contributed by atoms with Gasteiger partial charge in [-0.25, -0.2) is 5.43 Å². The van der Waals surface area contributed by atoms with Crippen molar-refractivity contribution in [1.82, 2.24) is 5.43 Å². The maximum atomic E-state index is 12.6. The van der Waals surface area contributed by atoms with E-state index in [2.05, 4.69) is 10.5 Å². The summed E-state index contributed by atoms with van der Waals surface area (Å²) in [6.45, 7) is 0.340. The third-order valence-electron chi connectivity index (χ3n) is 4.72. The van der Waals surface area contributed by atoms with Gasteiger partial charge in [0.25, 0.3) is 11.6 Å². The third kappa shape index (κ3) is 5.50. The van der Waals surface area contributed by atoms with Gasteiger partial charge in [0.05, 0.1) is 16.7 Å². The molecule has 1 aromatic heterocycles. The van der Waals surface area contributed by atoms with Gasteiger partial charge in [-0.05, 0) is 42.0 Å². The number of hydrazone groups is 1. The number of furan rings is 1. The first-order chi connectivity index (χ1) is 16.1. The van der Waals surface area contributed by atoms with Gasteiger partial charge in [0.2, 0.25) is 0 Å². The number of hydrogen-bond acceptors (Lipinski definition) is 6. The van der Waals surface area contributed by atoms with Crippen LogP contribution in [0.3, 0.4) is 0 Å². The number of carbonyl (C=O) groups is 1. The molecule has 0 aliphatic rings. The minimum absolute atomic E-state index is 0.00262. The Kier molecular flexibility index (Phi) is 6.56. The molecule has 0 atom stereocenters. The number of amides is 1. The van der Waals surface area contributed by atoms with E-state index in [0.29, 0.717) is 35.0 Å². The zero-order valence-corrected chi connectivity index (χ0v) is 17.4. The summed E-state index contributed by atoms with van der Waals surface area (Å²) in [6, 6.07) is 26.0. The molecular weight excluding hydrogens is 422 g/mol. The number of carbonyl (C=O) groups excluding carboxylic acids is 1. The number of rotatable bonds is 8. The van der Waals surface area contributed by atoms with E-state index < -0.39 is 10.8 Å². The van der Waals surface area contributed by atoms with Crippen LogP contribution >= 0.6 is 0 Å². The molecule has 0 saturated carbocycles. The minimum Gasteiger partial charge on any atom is -0.488 e. The molecule has 0 spiro atoms. The molecule has 164 valence electrons. The standard InChI is InChI=1S/C25H19N3O5/c29-25(22-8-4-5-9-24(22)32-17-18-6-2-1-3-7-18)27-26-16-21-14-15-23(33-21)19-10-12-20(13-11-19)28(30)31/h1-16H,17H2,(H,27,29). The Labute approximate surface area is 189 Å². The van der Waals surface area contributed by atoms with Crippen molar-refractivity contribution in [2.45, 2.75) is 6.61 Å². The van der Waals surface area contributed by atoms with Gasteiger partial charge < -0.3 is 9.15 Å². The molecule has 0 fully saturated rings. The van der Waals surface area contributed by atoms with Gasteiger partial charge in [0.15, 0.2) is 0 Å². The Balaban J connectivity index is 1.38. The van der Waals surface area contributed by atoms with Crippen LogP contribution in [0.5, 0.6) is 5.75 Å². The Bertz CT molecular complexity index is 1280. The van der Waals surface area contributed by atoms with Crippen LogP contribution in [0.15, 0.2) is 101 Å². The van der Waals surface area contributed by atoms with E-state index >= 15 is 0 Å². The quantitative estimate of drug-likeness (QED) is 0.230. The fraction of sp³-hybridized carbons (Fsp3) is 0.0400. The molecular formula is C25H19N3O5. The van der Waals surface area contributed by atoms with Crippen LogP contribution in [-0.4, -0.2) is 17.0 Å². The first-order valence-electron chi connectivity index (χ1n) is 10.0. The third-order valence-corrected chi connectivity index (χ3v) is 4.72. The van der Waals surface area contributed by atoms with Gasteiger partial charge in [0, 0.05) is 17.7 Å². The van der Waals surface area contributed by atoms with E-state index in [4.69, 9.17) is 9.15 Å². The van der Waals surface area contributed by atoms with Gasteiger partial charge in [-0.15, -0.1) is 0 Å². The summed E-state index contributed by atoms with van der Waals surface area (Å²) in [6.07, 6.45) is 1.38. The Hall–Kier alpha value is -4.72. The summed E-state index contributed by atoms with van der Waals surface area (Å²) in [5.41, 5.74) is 4.51. The van der Waals surface area contributed by atoms with E-state index in [0.717, 1.165) is 5.56 Å². The highest BCUT2D eigenvalue weighted by atomic mass is 16.6. The van der Waals surface area contributed by atoms with Crippen LogP contribution < -0.4 is 10.2 Å². The van der Waals surface area contributed by atoms with Crippen molar-refractivity contribution in [3.8, 4) is 17.1 Å². The number of nitrogens with one attached hydrogen (secondary N) is 1. The normalized spacial score (nSPS) is 10.8. The molecule has 0 saturated heterocycles. The molecule has 1 N–H and O–H groups in total. The fourth-order valence-corrected chi connectivity index (χ4v) is 3.05. The second-order valence-electron chi connectivity index (χ2n) is 6.98. The van der Waals surface area contributed by atoms with Crippen LogP contribution in [-0.2, 0) is 6.61 Å². The smallest absolute Gasteiger partial charge is 0.275 e. The van der Waals surface area contributed by atoms with Crippen molar-refractivity contribution in [1.29, 1.82) is 0 Å². The lowest BCUT2D eigenvalue weighted by Crippen LogP contribution is -2.18. The first-order valence-corrected chi connectivity index (χ1v) is 10.0. The topological polar surface area (TPSA) is 107 Å². The Morgan fingerprint density at radius 1 is 0.970 bits per heavy atom. The Morgan fingerprint density at radius 2 is 1.70 bits per heavy atom. The largest absolute Gasteiger partial charge is 0.488 e. The lowest BCUT2D eigenvalue weighted by atomic mass is 10.1. The van der Waals surface area contributed by atoms with Crippen molar-refractivity contribution >= 4 is 17.8 Å². The number of ether oxygens (including phenoxy) is 1. The maximum absolute atomic E-state index is 12.6. The summed E-state index contributed by atoms with van der Waals surface area (Å²) in [5, 5.41) is 14.7. The number of para-hydroxylation sites is 1.